The number of fused-ring (bicyclic) bond motifs is 5. The van der Waals surface area contributed by atoms with Crippen LogP contribution in [-0.4, -0.2) is 14.5 Å². The summed E-state index contributed by atoms with van der Waals surface area (Å²) in [5.41, 5.74) is 7.47. The molecule has 2 aromatic heterocycles. The Bertz CT molecular complexity index is 2740. The van der Waals surface area contributed by atoms with Crippen LogP contribution in [0.25, 0.3) is 93.4 Å². The topological polar surface area (TPSA) is 30.7 Å². The Morgan fingerprint density at radius 2 is 1.04 bits per heavy atom. The lowest BCUT2D eigenvalue weighted by Gasteiger charge is -2.13. The van der Waals surface area contributed by atoms with Crippen molar-refractivity contribution in [2.24, 2.45) is 0 Å². The lowest BCUT2D eigenvalue weighted by atomic mass is 9.91. The first-order chi connectivity index (χ1) is 22.3. The van der Waals surface area contributed by atoms with Gasteiger partial charge in [-0.2, -0.15) is 0 Å². The quantitative estimate of drug-likeness (QED) is 0.156. The molecule has 0 bridgehead atoms. The Labute approximate surface area is 259 Å². The maximum Gasteiger partial charge on any atom is 0.160 e. The van der Waals surface area contributed by atoms with Crippen molar-refractivity contribution < 1.29 is 0 Å². The number of rotatable bonds is 3. The monoisotopic (exact) mass is 571 g/mol. The predicted molar refractivity (Wildman–Crippen MR) is 188 cm³/mol. The summed E-state index contributed by atoms with van der Waals surface area (Å²) in [6, 6.07) is 54.2. The fourth-order valence-electron chi connectivity index (χ4n) is 7.31. The first-order valence-electron chi connectivity index (χ1n) is 15.3. The minimum atomic E-state index is 0.726. The van der Waals surface area contributed by atoms with E-state index in [1.54, 1.807) is 0 Å². The second-order valence-corrected chi connectivity index (χ2v) is 11.8. The van der Waals surface area contributed by atoms with Gasteiger partial charge in [0, 0.05) is 33.0 Å². The maximum absolute atomic E-state index is 5.28. The molecular formula is C42H25N3. The van der Waals surface area contributed by atoms with Gasteiger partial charge in [0.2, 0.25) is 0 Å². The van der Waals surface area contributed by atoms with Crippen LogP contribution in [0.5, 0.6) is 0 Å². The Morgan fingerprint density at radius 1 is 0.400 bits per heavy atom. The highest BCUT2D eigenvalue weighted by Crippen LogP contribution is 2.46. The zero-order valence-corrected chi connectivity index (χ0v) is 24.3. The predicted octanol–water partition coefficient (Wildman–Crippen LogP) is 11.0. The van der Waals surface area contributed by atoms with E-state index in [4.69, 9.17) is 9.97 Å². The molecule has 0 saturated carbocycles. The van der Waals surface area contributed by atoms with Gasteiger partial charge in [-0.25, -0.2) is 9.97 Å². The van der Waals surface area contributed by atoms with Gasteiger partial charge in [-0.05, 0) is 80.8 Å². The minimum absolute atomic E-state index is 0.726. The molecule has 0 amide bonds. The second kappa shape index (κ2) is 9.22. The fraction of sp³-hybridized carbons (Fsp3) is 0. The number of hydrogen-bond acceptors (Lipinski definition) is 2. The number of aromatic nitrogens is 3. The number of para-hydroxylation sites is 2. The van der Waals surface area contributed by atoms with Crippen molar-refractivity contribution in [3.63, 3.8) is 0 Å². The van der Waals surface area contributed by atoms with Gasteiger partial charge in [0.15, 0.2) is 5.82 Å². The van der Waals surface area contributed by atoms with Crippen molar-refractivity contribution in [1.82, 2.24) is 14.5 Å². The summed E-state index contributed by atoms with van der Waals surface area (Å²) in [5, 5.41) is 11.1. The van der Waals surface area contributed by atoms with Crippen LogP contribution in [0.1, 0.15) is 0 Å². The molecule has 0 N–H and O–H groups in total. The minimum Gasteiger partial charge on any atom is -0.309 e. The van der Waals surface area contributed by atoms with Crippen LogP contribution < -0.4 is 0 Å². The van der Waals surface area contributed by atoms with Crippen molar-refractivity contribution in [2.75, 3.05) is 0 Å². The van der Waals surface area contributed by atoms with Gasteiger partial charge >= 0.3 is 0 Å². The second-order valence-electron chi connectivity index (χ2n) is 11.8. The van der Waals surface area contributed by atoms with Crippen molar-refractivity contribution in [3.05, 3.63) is 152 Å². The third kappa shape index (κ3) is 3.52. The van der Waals surface area contributed by atoms with Crippen LogP contribution in [0.3, 0.4) is 0 Å². The van der Waals surface area contributed by atoms with Crippen LogP contribution in [-0.2, 0) is 0 Å². The molecule has 0 spiro atoms. The van der Waals surface area contributed by atoms with E-state index in [9.17, 15) is 0 Å². The molecule has 3 nitrogen and oxygen atoms in total. The van der Waals surface area contributed by atoms with E-state index in [1.807, 2.05) is 6.07 Å². The van der Waals surface area contributed by atoms with Gasteiger partial charge in [-0.15, -0.1) is 0 Å². The third-order valence-electron chi connectivity index (χ3n) is 9.28. The summed E-state index contributed by atoms with van der Waals surface area (Å²) < 4.78 is 2.41. The summed E-state index contributed by atoms with van der Waals surface area (Å²) in [5.74, 6) is 0.726. The number of benzene rings is 8. The average molecular weight is 572 g/mol. The lowest BCUT2D eigenvalue weighted by molar-refractivity contribution is 1.18. The van der Waals surface area contributed by atoms with E-state index >= 15 is 0 Å². The zero-order valence-electron chi connectivity index (χ0n) is 24.3. The molecule has 0 aliphatic heterocycles. The Balaban J connectivity index is 1.40. The van der Waals surface area contributed by atoms with Crippen molar-refractivity contribution in [2.45, 2.75) is 0 Å². The molecule has 0 unspecified atom stereocenters. The Morgan fingerprint density at radius 3 is 1.84 bits per heavy atom. The smallest absolute Gasteiger partial charge is 0.160 e. The Kier molecular flexibility index (Phi) is 5.00. The third-order valence-corrected chi connectivity index (χ3v) is 9.28. The summed E-state index contributed by atoms with van der Waals surface area (Å²) in [4.78, 5) is 10.5. The van der Waals surface area contributed by atoms with Crippen molar-refractivity contribution >= 4 is 65.0 Å². The first kappa shape index (κ1) is 24.4. The van der Waals surface area contributed by atoms with E-state index in [0.717, 1.165) is 44.8 Å². The molecule has 2 heterocycles. The van der Waals surface area contributed by atoms with E-state index in [-0.39, 0.29) is 0 Å². The highest BCUT2D eigenvalue weighted by atomic mass is 15.0. The Hall–Kier alpha value is -6.06. The average Bonchev–Trinajstić information content (AvgIpc) is 3.45. The van der Waals surface area contributed by atoms with Gasteiger partial charge < -0.3 is 4.57 Å². The summed E-state index contributed by atoms with van der Waals surface area (Å²) in [6.45, 7) is 0. The molecule has 0 aliphatic rings. The van der Waals surface area contributed by atoms with Crippen LogP contribution in [0, 0.1) is 0 Å². The van der Waals surface area contributed by atoms with Crippen LogP contribution >= 0.6 is 0 Å². The van der Waals surface area contributed by atoms with Crippen LogP contribution in [0.4, 0.5) is 0 Å². The van der Waals surface area contributed by atoms with Gasteiger partial charge in [-0.3, -0.25) is 0 Å². The zero-order chi connectivity index (χ0) is 29.5. The molecule has 0 saturated heterocycles. The SMILES string of the molecule is c1ccc(-c2nc(-c3cc4c5cc6ccccc6cc5c5cccc6c5c4c(c3)n6-c3ccccc3)nc3ccccc23)cc1. The van der Waals surface area contributed by atoms with Gasteiger partial charge in [-0.1, -0.05) is 103 Å². The standard InChI is InChI=1S/C42H25N3/c1-3-12-26(13-4-1)41-32-18-9-10-20-36(32)43-42(44-41)29-24-35-34-23-28-15-8-7-14-27(28)22-33(34)31-19-11-21-37-39(31)40(35)38(25-29)45(37)30-16-5-2-6-17-30/h1-25H. The summed E-state index contributed by atoms with van der Waals surface area (Å²) in [7, 11) is 0. The maximum atomic E-state index is 5.28. The van der Waals surface area contributed by atoms with Crippen LogP contribution in [0.2, 0.25) is 0 Å². The van der Waals surface area contributed by atoms with Gasteiger partial charge in [0.25, 0.3) is 0 Å². The van der Waals surface area contributed by atoms with Gasteiger partial charge in [0.1, 0.15) is 0 Å². The normalized spacial score (nSPS) is 12.0. The van der Waals surface area contributed by atoms with E-state index in [0.29, 0.717) is 0 Å². The first-order valence-corrected chi connectivity index (χ1v) is 15.3. The molecule has 45 heavy (non-hydrogen) atoms. The molecule has 208 valence electrons. The molecule has 10 aromatic rings. The highest BCUT2D eigenvalue weighted by Gasteiger charge is 2.22. The van der Waals surface area contributed by atoms with E-state index in [1.165, 1.54) is 48.6 Å². The number of nitrogens with zero attached hydrogens (tertiary/aromatic N) is 3. The highest BCUT2D eigenvalue weighted by molar-refractivity contribution is 6.35. The molecule has 0 fully saturated rings. The molecule has 8 aromatic carbocycles. The van der Waals surface area contributed by atoms with E-state index in [2.05, 4.69) is 150 Å². The molecular weight excluding hydrogens is 546 g/mol. The molecule has 0 atom stereocenters. The fourth-order valence-corrected chi connectivity index (χ4v) is 7.31. The van der Waals surface area contributed by atoms with Gasteiger partial charge in [0.05, 0.1) is 22.2 Å². The summed E-state index contributed by atoms with van der Waals surface area (Å²) in [6.07, 6.45) is 0. The van der Waals surface area contributed by atoms with Crippen molar-refractivity contribution in [3.8, 4) is 28.3 Å². The van der Waals surface area contributed by atoms with E-state index < -0.39 is 0 Å². The molecule has 3 heteroatoms. The van der Waals surface area contributed by atoms with Crippen LogP contribution in [0.15, 0.2) is 152 Å². The molecule has 0 radical (unpaired) electrons. The molecule has 10 rings (SSSR count). The molecule has 0 aliphatic carbocycles. The lowest BCUT2D eigenvalue weighted by Crippen LogP contribution is -1.97. The largest absolute Gasteiger partial charge is 0.309 e. The van der Waals surface area contributed by atoms with Crippen molar-refractivity contribution in [1.29, 1.82) is 0 Å². The number of hydrogen-bond donors (Lipinski definition) is 0. The summed E-state index contributed by atoms with van der Waals surface area (Å²) >= 11 is 0.